The van der Waals surface area contributed by atoms with Crippen LogP contribution in [0, 0.1) is 11.2 Å². The van der Waals surface area contributed by atoms with Crippen molar-refractivity contribution >= 4 is 22.2 Å². The maximum Gasteiger partial charge on any atom is 0.223 e. The number of nitrogens with zero attached hydrogens (tertiary/aromatic N) is 5. The fourth-order valence-corrected chi connectivity index (χ4v) is 4.98. The van der Waals surface area contributed by atoms with E-state index in [0.717, 1.165) is 32.4 Å². The van der Waals surface area contributed by atoms with Crippen LogP contribution in [-0.2, 0) is 19.5 Å². The molecule has 4 heterocycles. The number of halogens is 1. The maximum atomic E-state index is 13.7. The van der Waals surface area contributed by atoms with E-state index in [9.17, 15) is 12.8 Å². The molecule has 2 aromatic heterocycles. The van der Waals surface area contributed by atoms with Crippen molar-refractivity contribution in [2.45, 2.75) is 19.6 Å². The third-order valence-electron chi connectivity index (χ3n) is 6.59. The van der Waals surface area contributed by atoms with Gasteiger partial charge in [0.15, 0.2) is 5.82 Å². The molecule has 2 aliphatic heterocycles. The number of sulfonamides is 1. The molecule has 1 aromatic carbocycles. The average molecular weight is 573 g/mol. The van der Waals surface area contributed by atoms with Gasteiger partial charge in [0.2, 0.25) is 22.3 Å². The number of aromatic nitrogens is 4. The molecule has 1 saturated heterocycles. The number of ether oxygens (including phenoxy) is 2. The summed E-state index contributed by atoms with van der Waals surface area (Å²) < 4.78 is 51.2. The molecule has 0 saturated carbocycles. The molecule has 0 radical (unpaired) electrons. The number of anilines is 1. The zero-order valence-electron chi connectivity index (χ0n) is 22.4. The molecule has 2 aliphatic rings. The van der Waals surface area contributed by atoms with Crippen LogP contribution in [-0.4, -0.2) is 91.8 Å². The molecular weight excluding hydrogens is 539 g/mol. The Morgan fingerprint density at radius 1 is 1.18 bits per heavy atom. The Hall–Kier alpha value is -3.30. The predicted octanol–water partition coefficient (Wildman–Crippen LogP) is 2.42. The van der Waals surface area contributed by atoms with Crippen LogP contribution in [0.2, 0.25) is 0 Å². The number of aromatic amines is 1. The molecule has 5 rings (SSSR count). The van der Waals surface area contributed by atoms with Gasteiger partial charge in [-0.2, -0.15) is 0 Å². The van der Waals surface area contributed by atoms with E-state index in [2.05, 4.69) is 29.9 Å². The first-order valence-corrected chi connectivity index (χ1v) is 14.9. The van der Waals surface area contributed by atoms with Crippen LogP contribution in [0.5, 0.6) is 0 Å². The molecule has 0 atom stereocenters. The largest absolute Gasteiger partial charge is 0.354 e. The summed E-state index contributed by atoms with van der Waals surface area (Å²) in [5, 5.41) is 3.28. The maximum absolute atomic E-state index is 13.7. The van der Waals surface area contributed by atoms with Gasteiger partial charge in [0, 0.05) is 49.6 Å². The van der Waals surface area contributed by atoms with Crippen LogP contribution < -0.4 is 10.0 Å². The van der Waals surface area contributed by atoms with E-state index in [-0.39, 0.29) is 25.6 Å². The van der Waals surface area contributed by atoms with E-state index < -0.39 is 21.7 Å². The van der Waals surface area contributed by atoms with Crippen LogP contribution in [0.3, 0.4) is 0 Å². The Balaban J connectivity index is 1.33. The highest BCUT2D eigenvalue weighted by atomic mass is 32.2. The summed E-state index contributed by atoms with van der Waals surface area (Å²) in [6, 6.07) is 7.82. The van der Waals surface area contributed by atoms with Crippen molar-refractivity contribution in [3.05, 3.63) is 48.2 Å². The van der Waals surface area contributed by atoms with Crippen molar-refractivity contribution in [1.82, 2.24) is 29.6 Å². The third-order valence-corrected chi connectivity index (χ3v) is 7.26. The van der Waals surface area contributed by atoms with E-state index >= 15 is 0 Å². The number of hydrogen-bond acceptors (Lipinski definition) is 10. The average Bonchev–Trinajstić information content (AvgIpc) is 3.62. The minimum Gasteiger partial charge on any atom is -0.354 e. The Morgan fingerprint density at radius 3 is 2.65 bits per heavy atom. The summed E-state index contributed by atoms with van der Waals surface area (Å²) in [5.74, 6) is 0.556. The van der Waals surface area contributed by atoms with Crippen LogP contribution in [0.25, 0.3) is 22.6 Å². The second-order valence-corrected chi connectivity index (χ2v) is 12.2. The smallest absolute Gasteiger partial charge is 0.223 e. The number of aliphatic imine (C=N–C) groups is 1. The SMILES string of the molecule is CC1(CNS(C)(=O)=O)COC(c2nc(-c3ccc(F)cc3)c(-c3ccnc(NCCCN4CC=NC4)n3)[nH]2)OC1. The van der Waals surface area contributed by atoms with E-state index in [0.29, 0.717) is 41.0 Å². The fourth-order valence-electron chi connectivity index (χ4n) is 4.37. The Bertz CT molecular complexity index is 1430. The van der Waals surface area contributed by atoms with E-state index in [1.165, 1.54) is 12.1 Å². The molecule has 14 heteroatoms. The van der Waals surface area contributed by atoms with Crippen LogP contribution >= 0.6 is 0 Å². The number of nitrogens with one attached hydrogen (secondary N) is 3. The van der Waals surface area contributed by atoms with Crippen molar-refractivity contribution in [3.63, 3.8) is 0 Å². The molecule has 0 aliphatic carbocycles. The van der Waals surface area contributed by atoms with Gasteiger partial charge >= 0.3 is 0 Å². The van der Waals surface area contributed by atoms with Gasteiger partial charge in [-0.05, 0) is 36.8 Å². The lowest BCUT2D eigenvalue weighted by atomic mass is 9.92. The topological polar surface area (TPSA) is 147 Å². The van der Waals surface area contributed by atoms with Gasteiger partial charge in [-0.3, -0.25) is 9.89 Å². The van der Waals surface area contributed by atoms with Crippen LogP contribution in [0.1, 0.15) is 25.5 Å². The summed E-state index contributed by atoms with van der Waals surface area (Å²) in [4.78, 5) is 23.6. The highest BCUT2D eigenvalue weighted by Crippen LogP contribution is 2.35. The minimum atomic E-state index is -3.34. The molecule has 0 spiro atoms. The molecule has 12 nitrogen and oxygen atoms in total. The van der Waals surface area contributed by atoms with Crippen LogP contribution in [0.4, 0.5) is 10.3 Å². The number of benzene rings is 1. The van der Waals surface area contributed by atoms with E-state index in [1.807, 2.05) is 13.1 Å². The second-order valence-electron chi connectivity index (χ2n) is 10.3. The summed E-state index contributed by atoms with van der Waals surface area (Å²) >= 11 is 0. The molecule has 1 fully saturated rings. The molecule has 3 aromatic rings. The highest BCUT2D eigenvalue weighted by molar-refractivity contribution is 7.88. The monoisotopic (exact) mass is 572 g/mol. The van der Waals surface area contributed by atoms with Crippen molar-refractivity contribution in [2.75, 3.05) is 57.6 Å². The second kappa shape index (κ2) is 12.1. The molecule has 40 heavy (non-hydrogen) atoms. The van der Waals surface area contributed by atoms with Gasteiger partial charge < -0.3 is 19.8 Å². The van der Waals surface area contributed by atoms with E-state index in [4.69, 9.17) is 19.4 Å². The summed E-state index contributed by atoms with van der Waals surface area (Å²) in [6.45, 7) is 5.84. The lowest BCUT2D eigenvalue weighted by Gasteiger charge is -2.36. The summed E-state index contributed by atoms with van der Waals surface area (Å²) in [6.07, 6.45) is 4.83. The molecular formula is C26H33FN8O4S. The van der Waals surface area contributed by atoms with E-state index in [1.54, 1.807) is 24.4 Å². The Morgan fingerprint density at radius 2 is 1.95 bits per heavy atom. The molecule has 3 N–H and O–H groups in total. The van der Waals surface area contributed by atoms with Crippen molar-refractivity contribution < 1.29 is 22.3 Å². The van der Waals surface area contributed by atoms with Crippen molar-refractivity contribution in [3.8, 4) is 22.6 Å². The standard InChI is InChI=1S/C26H33FN8O4S/c1-26(14-31-40(2,36)37)15-38-24(39-16-26)23-33-21(18-4-6-19(27)7-5-18)22(34-23)20-8-10-30-25(32-20)29-9-3-12-35-13-11-28-17-35/h4-8,10-11,24,31H,3,9,12-17H2,1-2H3,(H,33,34)(H,29,30,32). The molecule has 0 bridgehead atoms. The number of H-pyrrole nitrogens is 1. The number of hydrogen-bond donors (Lipinski definition) is 3. The summed E-state index contributed by atoms with van der Waals surface area (Å²) in [7, 11) is -3.34. The Labute approximate surface area is 232 Å². The minimum absolute atomic E-state index is 0.186. The van der Waals surface area contributed by atoms with Gasteiger partial charge in [-0.25, -0.2) is 32.5 Å². The first-order chi connectivity index (χ1) is 19.2. The van der Waals surface area contributed by atoms with Gasteiger partial charge in [0.05, 0.1) is 43.2 Å². The van der Waals surface area contributed by atoms with Gasteiger partial charge in [0.25, 0.3) is 0 Å². The van der Waals surface area contributed by atoms with Crippen LogP contribution in [0.15, 0.2) is 41.5 Å². The lowest BCUT2D eigenvalue weighted by molar-refractivity contribution is -0.231. The quantitative estimate of drug-likeness (QED) is 0.295. The zero-order valence-corrected chi connectivity index (χ0v) is 23.2. The van der Waals surface area contributed by atoms with Gasteiger partial charge in [0.1, 0.15) is 5.82 Å². The highest BCUT2D eigenvalue weighted by Gasteiger charge is 2.35. The first-order valence-electron chi connectivity index (χ1n) is 13.0. The van der Waals surface area contributed by atoms with Crippen molar-refractivity contribution in [1.29, 1.82) is 0 Å². The summed E-state index contributed by atoms with van der Waals surface area (Å²) in [5.41, 5.74) is 1.93. The molecule has 214 valence electrons. The predicted molar refractivity (Wildman–Crippen MR) is 149 cm³/mol. The van der Waals surface area contributed by atoms with Gasteiger partial charge in [-0.15, -0.1) is 0 Å². The zero-order chi connectivity index (χ0) is 28.2. The number of rotatable bonds is 11. The molecule has 0 amide bonds. The Kier molecular flexibility index (Phi) is 8.51. The molecule has 0 unspecified atom stereocenters. The number of imidazole rings is 1. The van der Waals surface area contributed by atoms with Gasteiger partial charge in [-0.1, -0.05) is 6.92 Å². The van der Waals surface area contributed by atoms with Crippen molar-refractivity contribution in [2.24, 2.45) is 10.4 Å². The third kappa shape index (κ3) is 7.26. The first kappa shape index (κ1) is 28.2. The lowest BCUT2D eigenvalue weighted by Crippen LogP contribution is -2.45. The normalized spacial score (nSPS) is 21.6. The fraction of sp³-hybridized carbons (Fsp3) is 0.462.